The van der Waals surface area contributed by atoms with Crippen molar-refractivity contribution >= 4 is 28.2 Å². The van der Waals surface area contributed by atoms with E-state index in [0.29, 0.717) is 29.7 Å². The summed E-state index contributed by atoms with van der Waals surface area (Å²) < 4.78 is 0. The Balaban J connectivity index is 1.18. The highest BCUT2D eigenvalue weighted by Gasteiger charge is 2.19. The number of benzene rings is 2. The van der Waals surface area contributed by atoms with Gasteiger partial charge >= 0.3 is 0 Å². The number of rotatable bonds is 7. The maximum absolute atomic E-state index is 12.9. The van der Waals surface area contributed by atoms with E-state index in [9.17, 15) is 4.79 Å². The highest BCUT2D eigenvalue weighted by Crippen LogP contribution is 2.29. The number of carbonyl (C=O) groups excluding carboxylic acids is 1. The van der Waals surface area contributed by atoms with Gasteiger partial charge in [-0.3, -0.25) is 9.89 Å². The van der Waals surface area contributed by atoms with E-state index in [1.54, 1.807) is 12.4 Å². The average Bonchev–Trinajstić information content (AvgIpc) is 3.60. The second-order valence-corrected chi connectivity index (χ2v) is 9.57. The van der Waals surface area contributed by atoms with Crippen molar-refractivity contribution in [1.29, 1.82) is 0 Å². The summed E-state index contributed by atoms with van der Waals surface area (Å²) in [6.45, 7) is 0. The van der Waals surface area contributed by atoms with Crippen LogP contribution in [0.2, 0.25) is 0 Å². The van der Waals surface area contributed by atoms with Gasteiger partial charge < -0.3 is 10.3 Å². The predicted molar refractivity (Wildman–Crippen MR) is 142 cm³/mol. The smallest absolute Gasteiger partial charge is 0.179 e. The molecule has 1 saturated carbocycles. The Bertz CT molecular complexity index is 1480. The van der Waals surface area contributed by atoms with Crippen molar-refractivity contribution in [2.45, 2.75) is 38.5 Å². The van der Waals surface area contributed by atoms with Crippen LogP contribution in [0.15, 0.2) is 73.2 Å². The number of Topliss-reactive ketones (excluding diaryl/α,β-unsaturated/α-hetero) is 1. The number of hydrogen-bond donors (Lipinski definition) is 3. The first-order chi connectivity index (χ1) is 17.7. The van der Waals surface area contributed by atoms with E-state index < -0.39 is 0 Å². The maximum Gasteiger partial charge on any atom is 0.179 e. The Morgan fingerprint density at radius 2 is 1.78 bits per heavy atom. The van der Waals surface area contributed by atoms with Crippen molar-refractivity contribution in [3.63, 3.8) is 0 Å². The summed E-state index contributed by atoms with van der Waals surface area (Å²) in [7, 11) is 0. The van der Waals surface area contributed by atoms with Gasteiger partial charge in [0, 0.05) is 46.5 Å². The Kier molecular flexibility index (Phi) is 6.03. The summed E-state index contributed by atoms with van der Waals surface area (Å²) in [6, 6.07) is 18.0. The third kappa shape index (κ3) is 4.77. The molecule has 36 heavy (non-hydrogen) atoms. The largest absolute Gasteiger partial charge is 0.352 e. The Morgan fingerprint density at radius 1 is 0.944 bits per heavy atom. The number of H-pyrrole nitrogens is 2. The quantitative estimate of drug-likeness (QED) is 0.222. The molecule has 3 N–H and O–H groups in total. The van der Waals surface area contributed by atoms with Gasteiger partial charge in [-0.25, -0.2) is 9.97 Å². The molecule has 2 aromatic carbocycles. The summed E-state index contributed by atoms with van der Waals surface area (Å²) in [4.78, 5) is 25.4. The van der Waals surface area contributed by atoms with Crippen LogP contribution in [0.1, 0.15) is 49.0 Å². The normalized spacial score (nSPS) is 14.2. The molecule has 0 saturated heterocycles. The molecule has 0 bridgehead atoms. The molecule has 1 aliphatic carbocycles. The zero-order valence-corrected chi connectivity index (χ0v) is 20.0. The first-order valence-electron chi connectivity index (χ1n) is 12.6. The first kappa shape index (κ1) is 22.2. The predicted octanol–water partition coefficient (Wildman–Crippen LogP) is 6.91. The minimum Gasteiger partial charge on any atom is -0.352 e. The van der Waals surface area contributed by atoms with Crippen LogP contribution >= 0.6 is 0 Å². The van der Waals surface area contributed by atoms with Gasteiger partial charge in [0.15, 0.2) is 11.6 Å². The summed E-state index contributed by atoms with van der Waals surface area (Å²) in [5.41, 5.74) is 5.60. The molecule has 1 aliphatic rings. The highest BCUT2D eigenvalue weighted by atomic mass is 16.1. The van der Waals surface area contributed by atoms with Gasteiger partial charge in [0.25, 0.3) is 0 Å². The Morgan fingerprint density at radius 3 is 2.58 bits per heavy atom. The molecule has 1 fully saturated rings. The summed E-state index contributed by atoms with van der Waals surface area (Å²) >= 11 is 0. The van der Waals surface area contributed by atoms with Gasteiger partial charge in [0.1, 0.15) is 5.82 Å². The molecular weight excluding hydrogens is 448 g/mol. The van der Waals surface area contributed by atoms with Crippen LogP contribution in [0.3, 0.4) is 0 Å². The summed E-state index contributed by atoms with van der Waals surface area (Å²) in [5, 5.41) is 11.2. The summed E-state index contributed by atoms with van der Waals surface area (Å²) in [6.07, 6.45) is 12.2. The molecule has 0 aliphatic heterocycles. The van der Waals surface area contributed by atoms with Crippen molar-refractivity contribution in [2.24, 2.45) is 5.92 Å². The fourth-order valence-corrected chi connectivity index (χ4v) is 5.05. The zero-order valence-electron chi connectivity index (χ0n) is 20.0. The molecule has 3 aromatic heterocycles. The van der Waals surface area contributed by atoms with Crippen LogP contribution in [0, 0.1) is 5.92 Å². The van der Waals surface area contributed by atoms with Gasteiger partial charge in [-0.15, -0.1) is 0 Å². The molecule has 180 valence electrons. The Labute approximate surface area is 209 Å². The molecule has 5 aromatic rings. The lowest BCUT2D eigenvalue weighted by Crippen LogP contribution is -2.12. The van der Waals surface area contributed by atoms with Crippen LogP contribution in [0.25, 0.3) is 33.4 Å². The highest BCUT2D eigenvalue weighted by molar-refractivity contribution is 6.00. The van der Waals surface area contributed by atoms with Crippen LogP contribution in [-0.2, 0) is 0 Å². The minimum absolute atomic E-state index is 0.209. The molecule has 7 nitrogen and oxygen atoms in total. The number of anilines is 2. The fourth-order valence-electron chi connectivity index (χ4n) is 5.05. The molecule has 3 heterocycles. The minimum atomic E-state index is 0.209. The van der Waals surface area contributed by atoms with Crippen molar-refractivity contribution in [3.8, 4) is 22.5 Å². The lowest BCUT2D eigenvalue weighted by Gasteiger charge is -2.20. The number of aromatic nitrogens is 5. The van der Waals surface area contributed by atoms with Crippen molar-refractivity contribution in [1.82, 2.24) is 25.1 Å². The van der Waals surface area contributed by atoms with Crippen molar-refractivity contribution in [3.05, 3.63) is 78.9 Å². The lowest BCUT2D eigenvalue weighted by atomic mass is 9.85. The molecule has 0 spiro atoms. The van der Waals surface area contributed by atoms with Crippen LogP contribution in [-0.4, -0.2) is 30.9 Å². The monoisotopic (exact) mass is 476 g/mol. The maximum atomic E-state index is 12.9. The van der Waals surface area contributed by atoms with Crippen molar-refractivity contribution in [2.75, 3.05) is 5.32 Å². The van der Waals surface area contributed by atoms with Gasteiger partial charge in [0.05, 0.1) is 11.9 Å². The number of aromatic amines is 2. The van der Waals surface area contributed by atoms with Crippen LogP contribution < -0.4 is 5.32 Å². The van der Waals surface area contributed by atoms with Gasteiger partial charge in [-0.2, -0.15) is 5.10 Å². The molecular formula is C29H28N6O. The SMILES string of the molecule is O=C(CC1CCCCC1)c1cc2ccc(-c3nccc(Nc4ccc(-c5cn[nH]c5)cc4)n3)cc2[nH]1. The van der Waals surface area contributed by atoms with Crippen LogP contribution in [0.5, 0.6) is 0 Å². The van der Waals surface area contributed by atoms with Gasteiger partial charge in [-0.1, -0.05) is 56.4 Å². The zero-order chi connectivity index (χ0) is 24.3. The number of nitrogens with one attached hydrogen (secondary N) is 3. The van der Waals surface area contributed by atoms with E-state index in [-0.39, 0.29) is 5.78 Å². The number of hydrogen-bond acceptors (Lipinski definition) is 5. The number of fused-ring (bicyclic) bond motifs is 1. The second kappa shape index (κ2) is 9.77. The van der Waals surface area contributed by atoms with E-state index in [1.165, 1.54) is 32.1 Å². The van der Waals surface area contributed by atoms with E-state index >= 15 is 0 Å². The van der Waals surface area contributed by atoms with Gasteiger partial charge in [0.2, 0.25) is 0 Å². The molecule has 0 atom stereocenters. The molecule has 0 amide bonds. The topological polar surface area (TPSA) is 99.3 Å². The number of ketones is 1. The lowest BCUT2D eigenvalue weighted by molar-refractivity contribution is 0.0946. The van der Waals surface area contributed by atoms with E-state index in [0.717, 1.165) is 33.3 Å². The summed E-state index contributed by atoms with van der Waals surface area (Å²) in [5.74, 6) is 2.08. The average molecular weight is 477 g/mol. The van der Waals surface area contributed by atoms with Crippen molar-refractivity contribution < 1.29 is 4.79 Å². The molecule has 0 unspecified atom stereocenters. The van der Waals surface area contributed by atoms with E-state index in [4.69, 9.17) is 4.98 Å². The standard InChI is InChI=1S/C29H28N6O/c36-27(14-19-4-2-1-3-5-19)26-15-21-6-7-22(16-25(21)34-26)29-30-13-12-28(35-29)33-24-10-8-20(9-11-24)23-17-31-32-18-23/h6-13,15-19,34H,1-5,14H2,(H,31,32)(H,30,33,35). The second-order valence-electron chi connectivity index (χ2n) is 9.57. The number of nitrogens with zero attached hydrogens (tertiary/aromatic N) is 3. The fraction of sp³-hybridized carbons (Fsp3) is 0.241. The molecule has 7 heteroatoms. The van der Waals surface area contributed by atoms with Gasteiger partial charge in [-0.05, 0) is 41.8 Å². The van der Waals surface area contributed by atoms with E-state index in [2.05, 4.69) is 25.5 Å². The molecule has 6 rings (SSSR count). The molecule has 0 radical (unpaired) electrons. The third-order valence-electron chi connectivity index (χ3n) is 7.02. The first-order valence-corrected chi connectivity index (χ1v) is 12.6. The Hall–Kier alpha value is -4.26. The van der Waals surface area contributed by atoms with E-state index in [1.807, 2.05) is 60.8 Å². The third-order valence-corrected chi connectivity index (χ3v) is 7.02. The van der Waals surface area contributed by atoms with Crippen LogP contribution in [0.4, 0.5) is 11.5 Å². The number of carbonyl (C=O) groups is 1.